The fraction of sp³-hybridized carbons (Fsp3) is 0.333. The van der Waals surface area contributed by atoms with Gasteiger partial charge in [0, 0.05) is 13.1 Å². The normalized spacial score (nSPS) is 28.7. The minimum absolute atomic E-state index is 0.142. The summed E-state index contributed by atoms with van der Waals surface area (Å²) in [4.78, 5) is 29.0. The third-order valence-corrected chi connectivity index (χ3v) is 6.79. The first kappa shape index (κ1) is 22.4. The Balaban J connectivity index is 1.45. The summed E-state index contributed by atoms with van der Waals surface area (Å²) >= 11 is 0. The Morgan fingerprint density at radius 2 is 1.94 bits per heavy atom. The van der Waals surface area contributed by atoms with Crippen molar-refractivity contribution in [1.82, 2.24) is 10.2 Å². The van der Waals surface area contributed by atoms with Crippen LogP contribution in [0, 0.1) is 5.92 Å². The third-order valence-electron chi connectivity index (χ3n) is 6.79. The second kappa shape index (κ2) is 9.08. The minimum Gasteiger partial charge on any atom is -0.497 e. The quantitative estimate of drug-likeness (QED) is 0.582. The summed E-state index contributed by atoms with van der Waals surface area (Å²) in [7, 11) is 1.61. The molecule has 2 bridgehead atoms. The van der Waals surface area contributed by atoms with Crippen molar-refractivity contribution in [3.8, 4) is 5.75 Å². The molecule has 3 aliphatic heterocycles. The zero-order valence-electron chi connectivity index (χ0n) is 19.1. The van der Waals surface area contributed by atoms with Gasteiger partial charge in [0.15, 0.2) is 0 Å². The van der Waals surface area contributed by atoms with Gasteiger partial charge in [-0.25, -0.2) is 0 Å². The van der Waals surface area contributed by atoms with E-state index >= 15 is 0 Å². The summed E-state index contributed by atoms with van der Waals surface area (Å²) in [5.41, 5.74) is 0.824. The lowest BCUT2D eigenvalue weighted by atomic mass is 9.79. The van der Waals surface area contributed by atoms with Crippen LogP contribution in [0.2, 0.25) is 0 Å². The van der Waals surface area contributed by atoms with Gasteiger partial charge in [0.2, 0.25) is 11.8 Å². The van der Waals surface area contributed by atoms with Crippen molar-refractivity contribution in [1.29, 1.82) is 0 Å². The van der Waals surface area contributed by atoms with Crippen LogP contribution >= 0.6 is 0 Å². The topological polar surface area (TPSA) is 77.1 Å². The summed E-state index contributed by atoms with van der Waals surface area (Å²) in [6.07, 6.45) is 4.63. The average Bonchev–Trinajstić information content (AvgIpc) is 3.50. The first-order valence-electron chi connectivity index (χ1n) is 11.4. The molecule has 2 aromatic carbocycles. The number of fused-ring (bicyclic) bond motifs is 1. The van der Waals surface area contributed by atoms with E-state index in [-0.39, 0.29) is 24.5 Å². The molecule has 5 rings (SSSR count). The molecule has 2 aromatic rings. The molecular weight excluding hydrogens is 432 g/mol. The molecule has 2 amide bonds. The second-order valence-electron chi connectivity index (χ2n) is 8.78. The Bertz CT molecular complexity index is 1100. The van der Waals surface area contributed by atoms with Crippen molar-refractivity contribution in [2.24, 2.45) is 5.92 Å². The molecule has 0 saturated carbocycles. The largest absolute Gasteiger partial charge is 0.497 e. The van der Waals surface area contributed by atoms with Gasteiger partial charge in [-0.3, -0.25) is 9.59 Å². The summed E-state index contributed by atoms with van der Waals surface area (Å²) < 4.78 is 17.5. The third kappa shape index (κ3) is 3.71. The molecule has 3 heterocycles. The number of amides is 2. The molecule has 0 unspecified atom stereocenters. The predicted octanol–water partition coefficient (Wildman–Crippen LogP) is 2.62. The number of methoxy groups -OCH3 is 1. The van der Waals surface area contributed by atoms with E-state index in [1.54, 1.807) is 18.1 Å². The zero-order valence-corrected chi connectivity index (χ0v) is 19.1. The van der Waals surface area contributed by atoms with Crippen molar-refractivity contribution < 1.29 is 23.8 Å². The predicted molar refractivity (Wildman–Crippen MR) is 126 cm³/mol. The number of rotatable bonds is 9. The first-order valence-corrected chi connectivity index (χ1v) is 11.4. The van der Waals surface area contributed by atoms with Crippen molar-refractivity contribution >= 4 is 11.8 Å². The van der Waals surface area contributed by atoms with E-state index in [4.69, 9.17) is 14.2 Å². The summed E-state index contributed by atoms with van der Waals surface area (Å²) in [6, 6.07) is 16.4. The Hall–Kier alpha value is -3.42. The van der Waals surface area contributed by atoms with Gasteiger partial charge < -0.3 is 24.4 Å². The van der Waals surface area contributed by atoms with Crippen LogP contribution in [0.4, 0.5) is 0 Å². The highest BCUT2D eigenvalue weighted by molar-refractivity contribution is 5.96. The number of carbonyl (C=O) groups excluding carboxylic acids is 2. The van der Waals surface area contributed by atoms with Gasteiger partial charge >= 0.3 is 0 Å². The van der Waals surface area contributed by atoms with Crippen LogP contribution in [-0.2, 0) is 32.2 Å². The van der Waals surface area contributed by atoms with Gasteiger partial charge in [-0.2, -0.15) is 0 Å². The van der Waals surface area contributed by atoms with E-state index in [2.05, 4.69) is 11.9 Å². The van der Waals surface area contributed by atoms with E-state index in [1.807, 2.05) is 66.7 Å². The lowest BCUT2D eigenvalue weighted by Gasteiger charge is -2.32. The maximum Gasteiger partial charge on any atom is 0.246 e. The zero-order chi connectivity index (χ0) is 23.7. The smallest absolute Gasteiger partial charge is 0.246 e. The Morgan fingerprint density at radius 3 is 2.65 bits per heavy atom. The van der Waals surface area contributed by atoms with E-state index in [9.17, 15) is 9.59 Å². The van der Waals surface area contributed by atoms with Crippen molar-refractivity contribution in [2.75, 3.05) is 13.7 Å². The van der Waals surface area contributed by atoms with E-state index in [0.717, 1.165) is 16.9 Å². The number of nitrogens with zero attached hydrogens (tertiary/aromatic N) is 1. The molecule has 0 aromatic heterocycles. The van der Waals surface area contributed by atoms with Gasteiger partial charge in [0.25, 0.3) is 0 Å². The molecule has 2 saturated heterocycles. The van der Waals surface area contributed by atoms with Crippen molar-refractivity contribution in [2.45, 2.75) is 36.9 Å². The number of benzene rings is 2. The molecule has 7 nitrogen and oxygen atoms in total. The van der Waals surface area contributed by atoms with E-state index in [1.165, 1.54) is 0 Å². The molecule has 3 aliphatic rings. The van der Waals surface area contributed by atoms with Crippen LogP contribution in [0.1, 0.15) is 11.1 Å². The molecule has 176 valence electrons. The van der Waals surface area contributed by atoms with Crippen molar-refractivity contribution in [3.05, 3.63) is 90.5 Å². The summed E-state index contributed by atoms with van der Waals surface area (Å²) in [6.45, 7) is 4.67. The number of nitrogens with one attached hydrogen (secondary N) is 1. The van der Waals surface area contributed by atoms with Crippen LogP contribution in [0.5, 0.6) is 5.75 Å². The molecule has 0 aliphatic carbocycles. The Morgan fingerprint density at radius 1 is 1.18 bits per heavy atom. The van der Waals surface area contributed by atoms with Gasteiger partial charge in [-0.1, -0.05) is 60.7 Å². The first-order chi connectivity index (χ1) is 16.6. The molecule has 34 heavy (non-hydrogen) atoms. The maximum absolute atomic E-state index is 13.8. The number of hydrogen-bond donors (Lipinski definition) is 1. The highest BCUT2D eigenvalue weighted by atomic mass is 16.6. The fourth-order valence-electron chi connectivity index (χ4n) is 5.26. The van der Waals surface area contributed by atoms with Gasteiger partial charge in [-0.15, -0.1) is 6.58 Å². The highest BCUT2D eigenvalue weighted by Crippen LogP contribution is 2.53. The van der Waals surface area contributed by atoms with Gasteiger partial charge in [0.1, 0.15) is 35.5 Å². The number of hydrogen-bond acceptors (Lipinski definition) is 5. The SMILES string of the molecule is C=CCO[C@@H]1[C@H]2C(=O)N(Cc3ccc(OC)cc3)[C@H](C(=O)NCc3ccccc3)[C@]23C=C[C@H]1O3. The lowest BCUT2D eigenvalue weighted by molar-refractivity contribution is -0.142. The van der Waals surface area contributed by atoms with Crippen LogP contribution in [-0.4, -0.2) is 54.3 Å². The summed E-state index contributed by atoms with van der Waals surface area (Å²) in [5, 5.41) is 3.02. The standard InChI is InChI=1S/C27H28N2O5/c1-3-15-33-23-21-13-14-27(34-21)22(23)26(31)29(17-19-9-11-20(32-2)12-10-19)24(27)25(30)28-16-18-7-5-4-6-8-18/h3-14,21-24H,1,15-17H2,2H3,(H,28,30)/t21-,22+,23+,24-,27+/m1/s1. The van der Waals surface area contributed by atoms with Crippen LogP contribution < -0.4 is 10.1 Å². The minimum atomic E-state index is -1.05. The van der Waals surface area contributed by atoms with Crippen LogP contribution in [0.25, 0.3) is 0 Å². The molecule has 2 fully saturated rings. The Kier molecular flexibility index (Phi) is 5.98. The fourth-order valence-corrected chi connectivity index (χ4v) is 5.26. The van der Waals surface area contributed by atoms with E-state index in [0.29, 0.717) is 13.2 Å². The van der Waals surface area contributed by atoms with Crippen LogP contribution in [0.15, 0.2) is 79.4 Å². The number of likely N-dealkylation sites (tertiary alicyclic amines) is 1. The van der Waals surface area contributed by atoms with Gasteiger partial charge in [0.05, 0.1) is 13.7 Å². The molecule has 0 radical (unpaired) electrons. The Labute approximate surface area is 199 Å². The number of carbonyl (C=O) groups is 2. The van der Waals surface area contributed by atoms with Crippen molar-refractivity contribution in [3.63, 3.8) is 0 Å². The molecule has 1 N–H and O–H groups in total. The summed E-state index contributed by atoms with van der Waals surface area (Å²) in [5.74, 6) is -0.250. The lowest BCUT2D eigenvalue weighted by Crippen LogP contribution is -2.54. The number of ether oxygens (including phenoxy) is 3. The van der Waals surface area contributed by atoms with E-state index < -0.39 is 23.7 Å². The monoisotopic (exact) mass is 460 g/mol. The second-order valence-corrected chi connectivity index (χ2v) is 8.78. The maximum atomic E-state index is 13.8. The molecular formula is C27H28N2O5. The van der Waals surface area contributed by atoms with Crippen LogP contribution in [0.3, 0.4) is 0 Å². The molecule has 7 heteroatoms. The molecule has 1 spiro atoms. The van der Waals surface area contributed by atoms with Gasteiger partial charge in [-0.05, 0) is 23.3 Å². The highest BCUT2D eigenvalue weighted by Gasteiger charge is 2.71. The molecule has 5 atom stereocenters. The average molecular weight is 461 g/mol.